The van der Waals surface area contributed by atoms with E-state index in [9.17, 15) is 0 Å². The predicted octanol–water partition coefficient (Wildman–Crippen LogP) is 4.30. The summed E-state index contributed by atoms with van der Waals surface area (Å²) in [4.78, 5) is 4.65. The number of benzene rings is 2. The van der Waals surface area contributed by atoms with Gasteiger partial charge < -0.3 is 0 Å². The van der Waals surface area contributed by atoms with Crippen molar-refractivity contribution in [3.05, 3.63) is 84.6 Å². The quantitative estimate of drug-likeness (QED) is 0.641. The van der Waals surface area contributed by atoms with E-state index in [0.29, 0.717) is 0 Å². The summed E-state index contributed by atoms with van der Waals surface area (Å²) in [5.74, 6) is 0. The molecule has 1 heterocycles. The third kappa shape index (κ3) is 1.91. The van der Waals surface area contributed by atoms with Gasteiger partial charge in [-0.05, 0) is 17.7 Å². The molecule has 0 aliphatic carbocycles. The van der Waals surface area contributed by atoms with Gasteiger partial charge in [-0.2, -0.15) is 0 Å². The molecule has 0 radical (unpaired) electrons. The molecule has 0 aliphatic heterocycles. The van der Waals surface area contributed by atoms with Crippen LogP contribution in [0.25, 0.3) is 16.5 Å². The number of para-hydroxylation sites is 1. The Hall–Kier alpha value is -2.41. The molecule has 86 valence electrons. The van der Waals surface area contributed by atoms with Crippen molar-refractivity contribution in [2.24, 2.45) is 0 Å². The van der Waals surface area contributed by atoms with Gasteiger partial charge in [-0.25, -0.2) is 4.98 Å². The van der Waals surface area contributed by atoms with Crippen molar-refractivity contribution in [1.29, 1.82) is 0 Å². The highest BCUT2D eigenvalue weighted by Gasteiger charge is 2.04. The number of nitrogens with zero attached hydrogens (tertiary/aromatic N) is 1. The smallest absolute Gasteiger partial charge is 0.0709 e. The maximum absolute atomic E-state index is 4.65. The van der Waals surface area contributed by atoms with Crippen LogP contribution in [0.1, 0.15) is 11.3 Å². The fourth-order valence-corrected chi connectivity index (χ4v) is 2.02. The van der Waals surface area contributed by atoms with Crippen LogP contribution in [0.4, 0.5) is 0 Å². The van der Waals surface area contributed by atoms with Gasteiger partial charge in [-0.15, -0.1) is 0 Å². The third-order valence-electron chi connectivity index (χ3n) is 3.03. The summed E-state index contributed by atoms with van der Waals surface area (Å²) >= 11 is 0. The van der Waals surface area contributed by atoms with Crippen LogP contribution in [-0.4, -0.2) is 4.98 Å². The zero-order valence-corrected chi connectivity index (χ0v) is 10.0. The van der Waals surface area contributed by atoms with Crippen molar-refractivity contribution >= 4 is 16.5 Å². The molecule has 0 aliphatic rings. The fourth-order valence-electron chi connectivity index (χ4n) is 2.02. The molecule has 1 nitrogen and oxygen atoms in total. The van der Waals surface area contributed by atoms with Gasteiger partial charge in [-0.1, -0.05) is 61.2 Å². The molecule has 0 N–H and O–H groups in total. The standard InChI is InChI=1S/C17H13N/c1-13(14-7-3-2-4-8-14)16-12-11-15-9-5-6-10-17(15)18-16/h2-12H,1H2. The molecule has 1 aromatic heterocycles. The number of rotatable bonds is 2. The third-order valence-corrected chi connectivity index (χ3v) is 3.03. The average Bonchev–Trinajstić information content (AvgIpc) is 2.47. The molecule has 3 aromatic rings. The van der Waals surface area contributed by atoms with Crippen LogP contribution >= 0.6 is 0 Å². The van der Waals surface area contributed by atoms with Crippen molar-refractivity contribution in [2.45, 2.75) is 0 Å². The first kappa shape index (κ1) is 10.7. The van der Waals surface area contributed by atoms with Crippen LogP contribution in [0.3, 0.4) is 0 Å². The van der Waals surface area contributed by atoms with Crippen molar-refractivity contribution in [3.8, 4) is 0 Å². The zero-order chi connectivity index (χ0) is 12.4. The summed E-state index contributed by atoms with van der Waals surface area (Å²) in [6.45, 7) is 4.14. The van der Waals surface area contributed by atoms with Crippen LogP contribution in [0.5, 0.6) is 0 Å². The van der Waals surface area contributed by atoms with Crippen molar-refractivity contribution in [2.75, 3.05) is 0 Å². The lowest BCUT2D eigenvalue weighted by molar-refractivity contribution is 1.34. The minimum Gasteiger partial charge on any atom is -0.248 e. The minimum atomic E-state index is 0.930. The van der Waals surface area contributed by atoms with Gasteiger partial charge in [-0.3, -0.25) is 0 Å². The molecule has 1 heteroatoms. The maximum atomic E-state index is 4.65. The monoisotopic (exact) mass is 231 g/mol. The Morgan fingerprint density at radius 2 is 1.50 bits per heavy atom. The SMILES string of the molecule is C=C(c1ccccc1)c1ccc2ccccc2n1. The van der Waals surface area contributed by atoms with E-state index in [2.05, 4.69) is 35.8 Å². The fraction of sp³-hybridized carbons (Fsp3) is 0. The van der Waals surface area contributed by atoms with E-state index in [1.54, 1.807) is 0 Å². The summed E-state index contributed by atoms with van der Waals surface area (Å²) in [6.07, 6.45) is 0. The molecule has 0 atom stereocenters. The molecule has 0 fully saturated rings. The van der Waals surface area contributed by atoms with E-state index in [1.807, 2.05) is 42.5 Å². The molecular formula is C17H13N. The lowest BCUT2D eigenvalue weighted by Gasteiger charge is -2.06. The Kier molecular flexibility index (Phi) is 2.66. The molecule has 0 amide bonds. The van der Waals surface area contributed by atoms with Gasteiger partial charge in [0, 0.05) is 11.0 Å². The first-order chi connectivity index (χ1) is 8.84. The first-order valence-corrected chi connectivity index (χ1v) is 5.95. The Balaban J connectivity index is 2.07. The summed E-state index contributed by atoms with van der Waals surface area (Å²) in [6, 6.07) is 22.4. The molecule has 18 heavy (non-hydrogen) atoms. The number of aromatic nitrogens is 1. The van der Waals surface area contributed by atoms with Crippen molar-refractivity contribution in [3.63, 3.8) is 0 Å². The summed E-state index contributed by atoms with van der Waals surface area (Å²) in [7, 11) is 0. The maximum Gasteiger partial charge on any atom is 0.0709 e. The largest absolute Gasteiger partial charge is 0.248 e. The van der Waals surface area contributed by atoms with Gasteiger partial charge in [0.15, 0.2) is 0 Å². The second-order valence-electron chi connectivity index (χ2n) is 4.23. The van der Waals surface area contributed by atoms with Crippen LogP contribution in [-0.2, 0) is 0 Å². The molecule has 0 saturated carbocycles. The molecule has 0 saturated heterocycles. The second kappa shape index (κ2) is 4.46. The highest BCUT2D eigenvalue weighted by Crippen LogP contribution is 2.21. The van der Waals surface area contributed by atoms with Crippen LogP contribution in [0, 0.1) is 0 Å². The molecule has 2 aromatic carbocycles. The molecule has 3 rings (SSSR count). The molecule has 0 spiro atoms. The molecular weight excluding hydrogens is 218 g/mol. The summed E-state index contributed by atoms with van der Waals surface area (Å²) in [5.41, 5.74) is 4.01. The Morgan fingerprint density at radius 1 is 0.778 bits per heavy atom. The number of fused-ring (bicyclic) bond motifs is 1. The first-order valence-electron chi connectivity index (χ1n) is 5.95. The van der Waals surface area contributed by atoms with E-state index in [0.717, 1.165) is 27.7 Å². The highest BCUT2D eigenvalue weighted by molar-refractivity contribution is 5.83. The van der Waals surface area contributed by atoms with Crippen LogP contribution in [0.15, 0.2) is 73.3 Å². The van der Waals surface area contributed by atoms with Gasteiger partial charge in [0.1, 0.15) is 0 Å². The van der Waals surface area contributed by atoms with E-state index < -0.39 is 0 Å². The highest BCUT2D eigenvalue weighted by atomic mass is 14.7. The lowest BCUT2D eigenvalue weighted by atomic mass is 10.0. The van der Waals surface area contributed by atoms with Gasteiger partial charge in [0.05, 0.1) is 11.2 Å². The van der Waals surface area contributed by atoms with E-state index in [-0.39, 0.29) is 0 Å². The number of hydrogen-bond acceptors (Lipinski definition) is 1. The number of hydrogen-bond donors (Lipinski definition) is 0. The van der Waals surface area contributed by atoms with E-state index in [4.69, 9.17) is 0 Å². The Bertz CT molecular complexity index is 699. The van der Waals surface area contributed by atoms with Crippen LogP contribution < -0.4 is 0 Å². The lowest BCUT2D eigenvalue weighted by Crippen LogP contribution is -1.90. The molecule has 0 bridgehead atoms. The predicted molar refractivity (Wildman–Crippen MR) is 76.3 cm³/mol. The Morgan fingerprint density at radius 3 is 2.33 bits per heavy atom. The normalized spacial score (nSPS) is 10.4. The van der Waals surface area contributed by atoms with Crippen molar-refractivity contribution in [1.82, 2.24) is 4.98 Å². The second-order valence-corrected chi connectivity index (χ2v) is 4.23. The zero-order valence-electron chi connectivity index (χ0n) is 10.0. The van der Waals surface area contributed by atoms with Gasteiger partial charge in [0.2, 0.25) is 0 Å². The van der Waals surface area contributed by atoms with E-state index in [1.165, 1.54) is 0 Å². The average molecular weight is 231 g/mol. The number of pyridine rings is 1. The van der Waals surface area contributed by atoms with E-state index >= 15 is 0 Å². The summed E-state index contributed by atoms with van der Waals surface area (Å²) < 4.78 is 0. The Labute approximate surface area is 106 Å². The van der Waals surface area contributed by atoms with Crippen LogP contribution in [0.2, 0.25) is 0 Å². The van der Waals surface area contributed by atoms with Gasteiger partial charge in [0.25, 0.3) is 0 Å². The van der Waals surface area contributed by atoms with Crippen molar-refractivity contribution < 1.29 is 0 Å². The summed E-state index contributed by atoms with van der Waals surface area (Å²) in [5, 5.41) is 1.15. The minimum absolute atomic E-state index is 0.930. The molecule has 0 unspecified atom stereocenters. The topological polar surface area (TPSA) is 12.9 Å². The van der Waals surface area contributed by atoms with Gasteiger partial charge >= 0.3 is 0 Å².